The predicted octanol–water partition coefficient (Wildman–Crippen LogP) is 3.83. The lowest BCUT2D eigenvalue weighted by Gasteiger charge is -2.23. The topological polar surface area (TPSA) is 46.3 Å². The van der Waals surface area contributed by atoms with Gasteiger partial charge in [0.15, 0.2) is 0 Å². The summed E-state index contributed by atoms with van der Waals surface area (Å²) < 4.78 is 0. The molecule has 3 nitrogen and oxygen atoms in total. The van der Waals surface area contributed by atoms with Crippen LogP contribution in [0.1, 0.15) is 36.3 Å². The van der Waals surface area contributed by atoms with Crippen molar-refractivity contribution in [1.29, 1.82) is 0 Å². The summed E-state index contributed by atoms with van der Waals surface area (Å²) in [4.78, 5) is 15.1. The molecule has 3 unspecified atom stereocenters. The van der Waals surface area contributed by atoms with Crippen LogP contribution in [0.15, 0.2) is 60.7 Å². The normalized spacial score (nSPS) is 24.4. The quantitative estimate of drug-likeness (QED) is 0.889. The summed E-state index contributed by atoms with van der Waals surface area (Å²) in [6.45, 7) is 1.74. The van der Waals surface area contributed by atoms with E-state index in [1.807, 2.05) is 12.1 Å². The van der Waals surface area contributed by atoms with Crippen LogP contribution in [-0.2, 0) is 4.79 Å². The number of carbonyl (C=O) groups is 1. The molecule has 0 bridgehead atoms. The van der Waals surface area contributed by atoms with Gasteiger partial charge in [-0.1, -0.05) is 60.7 Å². The van der Waals surface area contributed by atoms with Crippen LogP contribution in [-0.4, -0.2) is 29.9 Å². The number of hydrogen-bond acceptors (Lipinski definition) is 2. The van der Waals surface area contributed by atoms with E-state index in [4.69, 9.17) is 5.73 Å². The highest BCUT2D eigenvalue weighted by Crippen LogP contribution is 2.38. The fraction of sp³-hybridized carbons (Fsp3) is 0.409. The second-order valence-corrected chi connectivity index (χ2v) is 7.54. The molecule has 1 saturated carbocycles. The summed E-state index contributed by atoms with van der Waals surface area (Å²) in [7, 11) is 0. The number of halogens is 1. The number of benzene rings is 2. The zero-order valence-electron chi connectivity index (χ0n) is 15.0. The van der Waals surface area contributed by atoms with Gasteiger partial charge >= 0.3 is 0 Å². The van der Waals surface area contributed by atoms with Gasteiger partial charge in [0.2, 0.25) is 5.91 Å². The Balaban J connectivity index is 0.00000196. The third-order valence-electron chi connectivity index (χ3n) is 6.05. The second-order valence-electron chi connectivity index (χ2n) is 7.54. The molecule has 1 saturated heterocycles. The molecule has 2 aliphatic rings. The molecule has 4 rings (SSSR count). The summed E-state index contributed by atoms with van der Waals surface area (Å²) in [5, 5.41) is 0. The SMILES string of the molecule is Cl.NC1CCC2CN(C(=O)CC(c3ccccc3)c3ccccc3)CC12. The Morgan fingerprint density at radius 1 is 0.962 bits per heavy atom. The van der Waals surface area contributed by atoms with E-state index >= 15 is 0 Å². The third-order valence-corrected chi connectivity index (χ3v) is 6.05. The van der Waals surface area contributed by atoms with Crippen LogP contribution in [0.3, 0.4) is 0 Å². The third kappa shape index (κ3) is 3.79. The predicted molar refractivity (Wildman–Crippen MR) is 107 cm³/mol. The molecule has 26 heavy (non-hydrogen) atoms. The van der Waals surface area contributed by atoms with Gasteiger partial charge in [-0.05, 0) is 35.8 Å². The molecule has 1 aliphatic heterocycles. The van der Waals surface area contributed by atoms with E-state index < -0.39 is 0 Å². The number of amides is 1. The van der Waals surface area contributed by atoms with E-state index in [1.165, 1.54) is 17.5 Å². The fourth-order valence-corrected chi connectivity index (χ4v) is 4.61. The monoisotopic (exact) mass is 370 g/mol. The molecule has 0 radical (unpaired) electrons. The highest BCUT2D eigenvalue weighted by atomic mass is 35.5. The molecule has 0 spiro atoms. The van der Waals surface area contributed by atoms with Gasteiger partial charge in [-0.2, -0.15) is 0 Å². The Labute approximate surface area is 162 Å². The van der Waals surface area contributed by atoms with Crippen molar-refractivity contribution in [2.75, 3.05) is 13.1 Å². The largest absolute Gasteiger partial charge is 0.342 e. The van der Waals surface area contributed by atoms with Crippen molar-refractivity contribution in [3.05, 3.63) is 71.8 Å². The number of fused-ring (bicyclic) bond motifs is 1. The standard InChI is InChI=1S/C22H26N2O.ClH/c23-21-12-11-18-14-24(15-20(18)21)22(25)13-19(16-7-3-1-4-8-16)17-9-5-2-6-10-17;/h1-10,18-21H,11-15,23H2;1H. The van der Waals surface area contributed by atoms with Gasteiger partial charge < -0.3 is 10.6 Å². The Bertz CT molecular complexity index is 682. The smallest absolute Gasteiger partial charge is 0.223 e. The van der Waals surface area contributed by atoms with E-state index in [1.54, 1.807) is 0 Å². The van der Waals surface area contributed by atoms with Gasteiger partial charge in [0.1, 0.15) is 0 Å². The minimum Gasteiger partial charge on any atom is -0.342 e. The van der Waals surface area contributed by atoms with Crippen molar-refractivity contribution >= 4 is 18.3 Å². The van der Waals surface area contributed by atoms with E-state index in [2.05, 4.69) is 53.4 Å². The first kappa shape index (κ1) is 18.9. The van der Waals surface area contributed by atoms with Crippen LogP contribution >= 0.6 is 12.4 Å². The Morgan fingerprint density at radius 2 is 1.54 bits per heavy atom. The summed E-state index contributed by atoms with van der Waals surface area (Å²) in [5.74, 6) is 1.50. The summed E-state index contributed by atoms with van der Waals surface area (Å²) >= 11 is 0. The van der Waals surface area contributed by atoms with Gasteiger partial charge in [-0.25, -0.2) is 0 Å². The van der Waals surface area contributed by atoms with E-state index in [0.29, 0.717) is 18.3 Å². The molecule has 1 amide bonds. The fourth-order valence-electron chi connectivity index (χ4n) is 4.61. The number of carbonyl (C=O) groups excluding carboxylic acids is 1. The molecule has 138 valence electrons. The number of hydrogen-bond donors (Lipinski definition) is 1. The Hall–Kier alpha value is -1.84. The number of likely N-dealkylation sites (tertiary alicyclic amines) is 1. The van der Waals surface area contributed by atoms with Gasteiger partial charge in [0.05, 0.1) is 0 Å². The van der Waals surface area contributed by atoms with Crippen LogP contribution in [0.25, 0.3) is 0 Å². The summed E-state index contributed by atoms with van der Waals surface area (Å²) in [6.07, 6.45) is 2.83. The maximum absolute atomic E-state index is 13.0. The first-order chi connectivity index (χ1) is 12.2. The van der Waals surface area contributed by atoms with Crippen molar-refractivity contribution in [3.8, 4) is 0 Å². The summed E-state index contributed by atoms with van der Waals surface area (Å²) in [5.41, 5.74) is 8.64. The van der Waals surface area contributed by atoms with Gasteiger partial charge in [0, 0.05) is 31.5 Å². The number of rotatable bonds is 4. The molecular weight excluding hydrogens is 344 g/mol. The lowest BCUT2D eigenvalue weighted by molar-refractivity contribution is -0.130. The molecule has 3 atom stereocenters. The average molecular weight is 371 g/mol. The first-order valence-electron chi connectivity index (χ1n) is 9.35. The minimum atomic E-state index is 0. The molecule has 0 aromatic heterocycles. The zero-order valence-corrected chi connectivity index (χ0v) is 15.8. The average Bonchev–Trinajstić information content (AvgIpc) is 3.23. The van der Waals surface area contributed by atoms with Gasteiger partial charge in [0.25, 0.3) is 0 Å². The highest BCUT2D eigenvalue weighted by Gasteiger charge is 2.42. The highest BCUT2D eigenvalue weighted by molar-refractivity contribution is 5.85. The Kier molecular flexibility index (Phi) is 6.00. The molecule has 4 heteroatoms. The zero-order chi connectivity index (χ0) is 17.2. The molecule has 2 fully saturated rings. The molecule has 1 aliphatic carbocycles. The number of nitrogens with two attached hydrogens (primary N) is 1. The lowest BCUT2D eigenvalue weighted by atomic mass is 9.88. The maximum atomic E-state index is 13.0. The molecule has 1 heterocycles. The van der Waals surface area contributed by atoms with E-state index in [0.717, 1.165) is 19.5 Å². The van der Waals surface area contributed by atoms with Gasteiger partial charge in [-0.3, -0.25) is 4.79 Å². The molecule has 2 aromatic rings. The van der Waals surface area contributed by atoms with Crippen molar-refractivity contribution in [3.63, 3.8) is 0 Å². The van der Waals surface area contributed by atoms with Crippen molar-refractivity contribution in [2.24, 2.45) is 17.6 Å². The van der Waals surface area contributed by atoms with Crippen LogP contribution < -0.4 is 5.73 Å². The second kappa shape index (κ2) is 8.24. The van der Waals surface area contributed by atoms with Crippen molar-refractivity contribution in [2.45, 2.75) is 31.2 Å². The van der Waals surface area contributed by atoms with Crippen molar-refractivity contribution < 1.29 is 4.79 Å². The molecular formula is C22H27ClN2O. The maximum Gasteiger partial charge on any atom is 0.223 e. The van der Waals surface area contributed by atoms with E-state index in [-0.39, 0.29) is 30.3 Å². The van der Waals surface area contributed by atoms with Crippen LogP contribution in [0.2, 0.25) is 0 Å². The number of nitrogens with zero attached hydrogens (tertiary/aromatic N) is 1. The Morgan fingerprint density at radius 3 is 2.08 bits per heavy atom. The van der Waals surface area contributed by atoms with Gasteiger partial charge in [-0.15, -0.1) is 12.4 Å². The van der Waals surface area contributed by atoms with Crippen LogP contribution in [0.5, 0.6) is 0 Å². The van der Waals surface area contributed by atoms with Crippen LogP contribution in [0, 0.1) is 11.8 Å². The lowest BCUT2D eigenvalue weighted by Crippen LogP contribution is -2.34. The molecule has 2 aromatic carbocycles. The van der Waals surface area contributed by atoms with Crippen molar-refractivity contribution in [1.82, 2.24) is 4.90 Å². The summed E-state index contributed by atoms with van der Waals surface area (Å²) in [6, 6.07) is 21.0. The van der Waals surface area contributed by atoms with Crippen LogP contribution in [0.4, 0.5) is 0 Å². The first-order valence-corrected chi connectivity index (χ1v) is 9.35. The molecule has 2 N–H and O–H groups in total. The minimum absolute atomic E-state index is 0. The van der Waals surface area contributed by atoms with E-state index in [9.17, 15) is 4.79 Å².